The molecule has 4 rings (SSSR count). The maximum Gasteiger partial charge on any atom is 0.273 e. The van der Waals surface area contributed by atoms with E-state index in [-0.39, 0.29) is 17.2 Å². The summed E-state index contributed by atoms with van der Waals surface area (Å²) >= 11 is 0. The Morgan fingerprint density at radius 1 is 1.11 bits per heavy atom. The number of carbonyl (C=O) groups excluding carboxylic acids is 1. The van der Waals surface area contributed by atoms with E-state index in [1.54, 1.807) is 0 Å². The molecule has 0 unspecified atom stereocenters. The van der Waals surface area contributed by atoms with Crippen LogP contribution in [0.2, 0.25) is 0 Å². The zero-order chi connectivity index (χ0) is 19.8. The van der Waals surface area contributed by atoms with Gasteiger partial charge in [0.25, 0.3) is 16.8 Å². The molecule has 0 radical (unpaired) electrons. The molecule has 28 heavy (non-hydrogen) atoms. The number of carbonyl (C=O) groups is 1. The number of benzene rings is 1. The highest BCUT2D eigenvalue weighted by Gasteiger charge is 2.26. The number of nitrogens with one attached hydrogen (secondary N) is 1. The molecule has 2 aromatic carbocycles. The summed E-state index contributed by atoms with van der Waals surface area (Å²) in [5.41, 5.74) is 13.8. The van der Waals surface area contributed by atoms with Crippen LogP contribution in [0.3, 0.4) is 0 Å². The minimum absolute atomic E-state index is 0.0402. The number of anilines is 3. The first kappa shape index (κ1) is 17.7. The van der Waals surface area contributed by atoms with Gasteiger partial charge >= 0.3 is 0 Å². The Morgan fingerprint density at radius 3 is 2.64 bits per heavy atom. The molecule has 0 saturated carbocycles. The molecule has 9 nitrogen and oxygen atoms in total. The topological polar surface area (TPSA) is 144 Å². The van der Waals surface area contributed by atoms with Gasteiger partial charge in [-0.05, 0) is 23.1 Å². The highest BCUT2D eigenvalue weighted by atomic mass is 16.2. The monoisotopic (exact) mass is 378 g/mol. The van der Waals surface area contributed by atoms with Crippen LogP contribution in [-0.2, 0) is 19.5 Å². The molecule has 0 aliphatic carbocycles. The lowest BCUT2D eigenvalue weighted by Crippen LogP contribution is -2.44. The molecule has 1 aliphatic rings. The summed E-state index contributed by atoms with van der Waals surface area (Å²) in [5, 5.41) is 2.78. The van der Waals surface area contributed by atoms with E-state index >= 15 is 0 Å². The third-order valence-electron chi connectivity index (χ3n) is 4.91. The van der Waals surface area contributed by atoms with Gasteiger partial charge in [0.15, 0.2) is 11.5 Å². The average molecular weight is 378 g/mol. The minimum atomic E-state index is -0.611. The van der Waals surface area contributed by atoms with Crippen molar-refractivity contribution < 1.29 is 4.79 Å². The van der Waals surface area contributed by atoms with Crippen LogP contribution in [-0.4, -0.2) is 22.4 Å². The number of hydrogen-bond donors (Lipinski definition) is 3. The molecule has 5 N–H and O–H groups in total. The number of fused-ring (bicyclic) bond motifs is 1. The van der Waals surface area contributed by atoms with Gasteiger partial charge in [0.2, 0.25) is 0 Å². The van der Waals surface area contributed by atoms with E-state index < -0.39 is 16.8 Å². The number of nitrogens with zero attached hydrogens (tertiary/aromatic N) is 3. The summed E-state index contributed by atoms with van der Waals surface area (Å²) < 4.78 is 0. The van der Waals surface area contributed by atoms with Crippen LogP contribution in [0.1, 0.15) is 27.2 Å². The van der Waals surface area contributed by atoms with Gasteiger partial charge in [0.1, 0.15) is 11.4 Å². The summed E-state index contributed by atoms with van der Waals surface area (Å²) in [5.74, 6) is -0.326. The zero-order valence-corrected chi connectivity index (χ0v) is 14.9. The van der Waals surface area contributed by atoms with Gasteiger partial charge in [-0.25, -0.2) is 9.97 Å². The average Bonchev–Trinajstić information content (AvgIpc) is 2.72. The van der Waals surface area contributed by atoms with E-state index in [1.165, 1.54) is 18.0 Å². The largest absolute Gasteiger partial charge is 0.394 e. The second-order valence-electron chi connectivity index (χ2n) is 6.67. The second-order valence-corrected chi connectivity index (χ2v) is 6.67. The predicted molar refractivity (Wildman–Crippen MR) is 105 cm³/mol. The van der Waals surface area contributed by atoms with Crippen molar-refractivity contribution in [1.82, 2.24) is 15.3 Å². The van der Waals surface area contributed by atoms with Crippen molar-refractivity contribution in [2.24, 2.45) is 0 Å². The quantitative estimate of drug-likeness (QED) is 0.526. The lowest BCUT2D eigenvalue weighted by Gasteiger charge is -2.32. The Bertz CT molecular complexity index is 1150. The van der Waals surface area contributed by atoms with E-state index in [4.69, 9.17) is 11.5 Å². The van der Waals surface area contributed by atoms with Crippen LogP contribution >= 0.6 is 0 Å². The lowest BCUT2D eigenvalue weighted by atomic mass is 9.96. The SMILES string of the molecule is Nc1nccnc1C(=O)NCc1ccc2c(c1)CN(c1c(N)c(=O)c1=O)CC2. The number of hydrogen-bond acceptors (Lipinski definition) is 8. The summed E-state index contributed by atoms with van der Waals surface area (Å²) in [6, 6.07) is 5.93. The zero-order valence-electron chi connectivity index (χ0n) is 14.9. The van der Waals surface area contributed by atoms with Gasteiger partial charge < -0.3 is 21.7 Å². The Labute approximate surface area is 159 Å². The number of nitrogen functional groups attached to an aromatic ring is 2. The van der Waals surface area contributed by atoms with Gasteiger partial charge in [-0.2, -0.15) is 0 Å². The second kappa shape index (κ2) is 6.76. The molecule has 2 heterocycles. The molecular formula is C19H18N6O3. The highest BCUT2D eigenvalue weighted by Crippen LogP contribution is 2.26. The number of aromatic nitrogens is 2. The van der Waals surface area contributed by atoms with E-state index in [2.05, 4.69) is 15.3 Å². The number of nitrogens with two attached hydrogens (primary N) is 2. The van der Waals surface area contributed by atoms with Crippen LogP contribution in [0.5, 0.6) is 0 Å². The van der Waals surface area contributed by atoms with Gasteiger partial charge in [-0.15, -0.1) is 0 Å². The fourth-order valence-electron chi connectivity index (χ4n) is 3.41. The Kier molecular flexibility index (Phi) is 4.26. The molecule has 0 spiro atoms. The maximum absolute atomic E-state index is 12.2. The summed E-state index contributed by atoms with van der Waals surface area (Å²) in [4.78, 5) is 45.0. The lowest BCUT2D eigenvalue weighted by molar-refractivity contribution is 0.0946. The molecule has 9 heteroatoms. The standard InChI is InChI=1S/C19H18N6O3/c20-13-15(17(27)16(13)26)25-6-3-11-2-1-10(7-12(11)9-25)8-24-19(28)14-18(21)23-5-4-22-14/h1-2,4-5,7H,3,6,8-9,20H2,(H2,21,23)(H,24,28). The van der Waals surface area contributed by atoms with E-state index in [0.717, 1.165) is 17.5 Å². The van der Waals surface area contributed by atoms with Crippen molar-refractivity contribution in [2.75, 3.05) is 22.9 Å². The van der Waals surface area contributed by atoms with Crippen LogP contribution in [0.15, 0.2) is 40.2 Å². The van der Waals surface area contributed by atoms with Gasteiger partial charge in [0.05, 0.1) is 0 Å². The molecule has 0 bridgehead atoms. The van der Waals surface area contributed by atoms with Crippen molar-refractivity contribution in [3.63, 3.8) is 0 Å². The van der Waals surface area contributed by atoms with E-state index in [9.17, 15) is 14.4 Å². The minimum Gasteiger partial charge on any atom is -0.394 e. The van der Waals surface area contributed by atoms with Crippen LogP contribution in [0.4, 0.5) is 17.2 Å². The molecular weight excluding hydrogens is 360 g/mol. The predicted octanol–water partition coefficient (Wildman–Crippen LogP) is -0.270. The van der Waals surface area contributed by atoms with Crippen molar-refractivity contribution in [3.8, 4) is 0 Å². The smallest absolute Gasteiger partial charge is 0.273 e. The molecule has 0 fully saturated rings. The first-order valence-corrected chi connectivity index (χ1v) is 8.74. The molecule has 0 saturated heterocycles. The Morgan fingerprint density at radius 2 is 1.89 bits per heavy atom. The summed E-state index contributed by atoms with van der Waals surface area (Å²) in [6.45, 7) is 1.41. The van der Waals surface area contributed by atoms with Crippen LogP contribution in [0, 0.1) is 0 Å². The van der Waals surface area contributed by atoms with Crippen LogP contribution < -0.4 is 32.5 Å². The fraction of sp³-hybridized carbons (Fsp3) is 0.211. The van der Waals surface area contributed by atoms with Crippen molar-refractivity contribution in [1.29, 1.82) is 0 Å². The number of rotatable bonds is 4. The van der Waals surface area contributed by atoms with Crippen molar-refractivity contribution in [3.05, 3.63) is 73.4 Å². The maximum atomic E-state index is 12.2. The third kappa shape index (κ3) is 2.96. The highest BCUT2D eigenvalue weighted by molar-refractivity contribution is 5.96. The molecule has 0 atom stereocenters. The van der Waals surface area contributed by atoms with E-state index in [1.807, 2.05) is 23.1 Å². The van der Waals surface area contributed by atoms with Gasteiger partial charge in [-0.3, -0.25) is 14.4 Å². The van der Waals surface area contributed by atoms with Crippen molar-refractivity contribution in [2.45, 2.75) is 19.5 Å². The normalized spacial score (nSPS) is 13.4. The summed E-state index contributed by atoms with van der Waals surface area (Å²) in [7, 11) is 0. The summed E-state index contributed by atoms with van der Waals surface area (Å²) in [6.07, 6.45) is 3.58. The molecule has 1 aromatic heterocycles. The molecule has 1 aliphatic heterocycles. The molecule has 1 amide bonds. The number of amides is 1. The first-order valence-electron chi connectivity index (χ1n) is 8.74. The Balaban J connectivity index is 1.48. The van der Waals surface area contributed by atoms with Crippen molar-refractivity contribution >= 4 is 23.1 Å². The first-order chi connectivity index (χ1) is 13.5. The van der Waals surface area contributed by atoms with Crippen LogP contribution in [0.25, 0.3) is 0 Å². The molecule has 3 aromatic rings. The van der Waals surface area contributed by atoms with Gasteiger partial charge in [0, 0.05) is 32.0 Å². The van der Waals surface area contributed by atoms with E-state index in [0.29, 0.717) is 25.3 Å². The third-order valence-corrected chi connectivity index (χ3v) is 4.91. The Hall–Kier alpha value is -3.75. The van der Waals surface area contributed by atoms with Gasteiger partial charge in [-0.1, -0.05) is 18.2 Å². The molecule has 142 valence electrons. The fourth-order valence-corrected chi connectivity index (χ4v) is 3.41.